The fourth-order valence-corrected chi connectivity index (χ4v) is 1.96. The first-order valence-electron chi connectivity index (χ1n) is 6.99. The molecule has 0 aromatic heterocycles. The molecular formula is C16H26IN3O3. The van der Waals surface area contributed by atoms with Crippen LogP contribution >= 0.6 is 24.0 Å². The molecule has 0 heterocycles. The lowest BCUT2D eigenvalue weighted by Crippen LogP contribution is -2.33. The van der Waals surface area contributed by atoms with Crippen molar-refractivity contribution in [3.05, 3.63) is 29.8 Å². The molecule has 3 N–H and O–H groups in total. The molecular weight excluding hydrogens is 409 g/mol. The Bertz CT molecular complexity index is 548. The van der Waals surface area contributed by atoms with Crippen molar-refractivity contribution in [2.24, 2.45) is 10.7 Å². The van der Waals surface area contributed by atoms with Gasteiger partial charge in [0.15, 0.2) is 17.5 Å². The minimum Gasteiger partial charge on any atom is -0.493 e. The van der Waals surface area contributed by atoms with Gasteiger partial charge in [0.1, 0.15) is 0 Å². The third-order valence-electron chi connectivity index (χ3n) is 3.01. The molecule has 0 fully saturated rings. The van der Waals surface area contributed by atoms with E-state index in [1.165, 1.54) is 0 Å². The number of guanidine groups is 1. The van der Waals surface area contributed by atoms with Crippen molar-refractivity contribution in [3.8, 4) is 17.2 Å². The predicted octanol–water partition coefficient (Wildman–Crippen LogP) is 2.35. The Morgan fingerprint density at radius 1 is 1.17 bits per heavy atom. The summed E-state index contributed by atoms with van der Waals surface area (Å²) in [7, 11) is 4.79. The third kappa shape index (κ3) is 6.55. The number of nitrogens with zero attached hydrogens (tertiary/aromatic N) is 1. The lowest BCUT2D eigenvalue weighted by Gasteiger charge is -2.16. The van der Waals surface area contributed by atoms with Gasteiger partial charge >= 0.3 is 0 Å². The summed E-state index contributed by atoms with van der Waals surface area (Å²) in [4.78, 5) is 4.17. The van der Waals surface area contributed by atoms with Crippen molar-refractivity contribution in [1.82, 2.24) is 5.32 Å². The number of nitrogens with one attached hydrogen (secondary N) is 1. The highest BCUT2D eigenvalue weighted by Gasteiger charge is 2.15. The first-order valence-corrected chi connectivity index (χ1v) is 6.99. The zero-order valence-electron chi connectivity index (χ0n) is 14.1. The van der Waals surface area contributed by atoms with E-state index in [-0.39, 0.29) is 24.0 Å². The van der Waals surface area contributed by atoms with E-state index in [1.54, 1.807) is 21.3 Å². The van der Waals surface area contributed by atoms with Gasteiger partial charge in [-0.1, -0.05) is 18.2 Å². The highest BCUT2D eigenvalue weighted by Crippen LogP contribution is 2.39. The van der Waals surface area contributed by atoms with E-state index in [1.807, 2.05) is 19.1 Å². The highest BCUT2D eigenvalue weighted by molar-refractivity contribution is 14.0. The van der Waals surface area contributed by atoms with Gasteiger partial charge in [0.2, 0.25) is 5.75 Å². The number of rotatable bonds is 8. The Balaban J connectivity index is 0.00000484. The average Bonchev–Trinajstić information content (AvgIpc) is 2.51. The van der Waals surface area contributed by atoms with E-state index in [0.717, 1.165) is 11.1 Å². The van der Waals surface area contributed by atoms with Gasteiger partial charge in [0.25, 0.3) is 0 Å². The molecule has 0 atom stereocenters. The fraction of sp³-hybridized carbons (Fsp3) is 0.438. The van der Waals surface area contributed by atoms with E-state index < -0.39 is 0 Å². The summed E-state index contributed by atoms with van der Waals surface area (Å²) in [6, 6.07) is 3.80. The van der Waals surface area contributed by atoms with Gasteiger partial charge < -0.3 is 25.3 Å². The number of hydrogen-bond donors (Lipinski definition) is 2. The molecule has 0 saturated heterocycles. The Morgan fingerprint density at radius 3 is 2.35 bits per heavy atom. The molecule has 130 valence electrons. The molecule has 7 heteroatoms. The van der Waals surface area contributed by atoms with Crippen molar-refractivity contribution < 1.29 is 14.2 Å². The number of aliphatic imine (C=N–C) groups is 1. The van der Waals surface area contributed by atoms with Crippen LogP contribution in [0.1, 0.15) is 12.5 Å². The van der Waals surface area contributed by atoms with Crippen LogP contribution in [0, 0.1) is 0 Å². The summed E-state index contributed by atoms with van der Waals surface area (Å²) in [5, 5.41) is 3.06. The molecule has 23 heavy (non-hydrogen) atoms. The maximum Gasteiger partial charge on any atom is 0.203 e. The zero-order valence-corrected chi connectivity index (χ0v) is 16.5. The van der Waals surface area contributed by atoms with E-state index in [4.69, 9.17) is 19.9 Å². The van der Waals surface area contributed by atoms with E-state index in [9.17, 15) is 0 Å². The molecule has 0 aliphatic heterocycles. The van der Waals surface area contributed by atoms with Crippen molar-refractivity contribution in [2.45, 2.75) is 13.3 Å². The molecule has 0 aliphatic carbocycles. The maximum absolute atomic E-state index is 5.78. The normalized spacial score (nSPS) is 10.5. The second-order valence-corrected chi connectivity index (χ2v) is 4.83. The minimum atomic E-state index is 0. The van der Waals surface area contributed by atoms with Crippen molar-refractivity contribution >= 4 is 29.9 Å². The van der Waals surface area contributed by atoms with Crippen molar-refractivity contribution in [2.75, 3.05) is 34.4 Å². The quantitative estimate of drug-likeness (QED) is 0.284. The predicted molar refractivity (Wildman–Crippen MR) is 105 cm³/mol. The van der Waals surface area contributed by atoms with Crippen LogP contribution in [0.4, 0.5) is 0 Å². The van der Waals surface area contributed by atoms with E-state index in [0.29, 0.717) is 42.7 Å². The molecule has 0 saturated carbocycles. The van der Waals surface area contributed by atoms with Crippen molar-refractivity contribution in [3.63, 3.8) is 0 Å². The maximum atomic E-state index is 5.78. The van der Waals surface area contributed by atoms with Gasteiger partial charge in [-0.05, 0) is 19.4 Å². The summed E-state index contributed by atoms with van der Waals surface area (Å²) in [6.07, 6.45) is 0.715. The second kappa shape index (κ2) is 11.0. The largest absolute Gasteiger partial charge is 0.493 e. The number of nitrogens with two attached hydrogens (primary N) is 1. The highest BCUT2D eigenvalue weighted by atomic mass is 127. The summed E-state index contributed by atoms with van der Waals surface area (Å²) >= 11 is 0. The van der Waals surface area contributed by atoms with Crippen LogP contribution < -0.4 is 25.3 Å². The minimum absolute atomic E-state index is 0. The summed E-state index contributed by atoms with van der Waals surface area (Å²) in [5.41, 5.74) is 7.74. The van der Waals surface area contributed by atoms with Crippen LogP contribution in [0.3, 0.4) is 0 Å². The number of halogens is 1. The van der Waals surface area contributed by atoms with Crippen LogP contribution in [0.25, 0.3) is 0 Å². The molecule has 0 amide bonds. The number of methoxy groups -OCH3 is 3. The summed E-state index contributed by atoms with van der Waals surface area (Å²) in [5.74, 6) is 2.30. The molecule has 0 unspecified atom stereocenters. The van der Waals surface area contributed by atoms with E-state index in [2.05, 4.69) is 16.9 Å². The molecule has 1 aromatic carbocycles. The number of ether oxygens (including phenoxy) is 3. The number of benzene rings is 1. The van der Waals surface area contributed by atoms with Crippen LogP contribution in [0.2, 0.25) is 0 Å². The van der Waals surface area contributed by atoms with Crippen LogP contribution in [-0.4, -0.2) is 40.4 Å². The molecule has 1 rings (SSSR count). The lowest BCUT2D eigenvalue weighted by molar-refractivity contribution is 0.322. The monoisotopic (exact) mass is 435 g/mol. The molecule has 0 spiro atoms. The topological polar surface area (TPSA) is 78.1 Å². The Hall–Kier alpha value is -1.64. The standard InChI is InChI=1S/C16H25N3O3.HI/c1-11(2)10-19-16(17)18-9-8-12-6-7-13(20-3)15(22-5)14(12)21-4;/h6-7H,1,8-10H2,2-5H3,(H3,17,18,19);1H. The third-order valence-corrected chi connectivity index (χ3v) is 3.01. The lowest BCUT2D eigenvalue weighted by atomic mass is 10.1. The molecule has 0 aliphatic rings. The molecule has 0 bridgehead atoms. The average molecular weight is 435 g/mol. The van der Waals surface area contributed by atoms with Crippen molar-refractivity contribution in [1.29, 1.82) is 0 Å². The second-order valence-electron chi connectivity index (χ2n) is 4.83. The van der Waals surface area contributed by atoms with Gasteiger partial charge in [0.05, 0.1) is 27.9 Å². The Morgan fingerprint density at radius 2 is 1.83 bits per heavy atom. The Labute approximate surface area is 155 Å². The fourth-order valence-electron chi connectivity index (χ4n) is 1.96. The van der Waals surface area contributed by atoms with Gasteiger partial charge in [-0.15, -0.1) is 24.0 Å². The number of hydrogen-bond acceptors (Lipinski definition) is 4. The smallest absolute Gasteiger partial charge is 0.203 e. The SMILES string of the molecule is C=C(C)CN=C(N)NCCc1ccc(OC)c(OC)c1OC.I. The van der Waals surface area contributed by atoms with Crippen LogP contribution in [0.15, 0.2) is 29.3 Å². The van der Waals surface area contributed by atoms with Gasteiger partial charge in [-0.3, -0.25) is 0 Å². The zero-order chi connectivity index (χ0) is 16.5. The van der Waals surface area contributed by atoms with Gasteiger partial charge in [-0.25, -0.2) is 4.99 Å². The van der Waals surface area contributed by atoms with E-state index >= 15 is 0 Å². The molecule has 1 aromatic rings. The van der Waals surface area contributed by atoms with Crippen LogP contribution in [0.5, 0.6) is 17.2 Å². The first-order chi connectivity index (χ1) is 10.5. The molecule has 6 nitrogen and oxygen atoms in total. The Kier molecular flexibility index (Phi) is 10.2. The summed E-state index contributed by atoms with van der Waals surface area (Å²) < 4.78 is 16.1. The van der Waals surface area contributed by atoms with Gasteiger partial charge in [0, 0.05) is 12.1 Å². The van der Waals surface area contributed by atoms with Crippen LogP contribution in [-0.2, 0) is 6.42 Å². The summed E-state index contributed by atoms with van der Waals surface area (Å²) in [6.45, 7) is 6.85. The molecule has 0 radical (unpaired) electrons. The first kappa shape index (κ1) is 21.4. The van der Waals surface area contributed by atoms with Gasteiger partial charge in [-0.2, -0.15) is 0 Å².